The third-order valence-corrected chi connectivity index (χ3v) is 5.97. The van der Waals surface area contributed by atoms with Crippen LogP contribution in [0.4, 0.5) is 10.5 Å². The molecule has 0 aliphatic carbocycles. The quantitative estimate of drug-likeness (QED) is 0.792. The summed E-state index contributed by atoms with van der Waals surface area (Å²) in [6, 6.07) is 12.9. The van der Waals surface area contributed by atoms with Crippen LogP contribution in [0.5, 0.6) is 0 Å². The van der Waals surface area contributed by atoms with Crippen molar-refractivity contribution in [3.63, 3.8) is 0 Å². The molecular formula is C23H26N4O3. The molecule has 2 aliphatic heterocycles. The molecule has 2 aromatic rings. The minimum Gasteiger partial charge on any atom is -0.368 e. The molecule has 0 spiro atoms. The molecule has 4 amide bonds. The summed E-state index contributed by atoms with van der Waals surface area (Å²) in [7, 11) is 0. The van der Waals surface area contributed by atoms with Gasteiger partial charge in [0.15, 0.2) is 0 Å². The fourth-order valence-corrected chi connectivity index (χ4v) is 4.06. The van der Waals surface area contributed by atoms with Crippen LogP contribution in [0.25, 0.3) is 0 Å². The average molecular weight is 406 g/mol. The zero-order valence-corrected chi connectivity index (χ0v) is 17.4. The van der Waals surface area contributed by atoms with Crippen molar-refractivity contribution in [2.45, 2.75) is 13.8 Å². The van der Waals surface area contributed by atoms with E-state index in [1.165, 1.54) is 21.7 Å². The summed E-state index contributed by atoms with van der Waals surface area (Å²) in [5.74, 6) is -0.598. The zero-order valence-electron chi connectivity index (χ0n) is 17.4. The van der Waals surface area contributed by atoms with Crippen molar-refractivity contribution in [3.8, 4) is 0 Å². The molecule has 0 bridgehead atoms. The topological polar surface area (TPSA) is 73.0 Å². The van der Waals surface area contributed by atoms with Crippen molar-refractivity contribution in [2.24, 2.45) is 0 Å². The number of amides is 4. The number of piperazine rings is 1. The predicted molar refractivity (Wildman–Crippen MR) is 115 cm³/mol. The Morgan fingerprint density at radius 3 is 2.17 bits per heavy atom. The van der Waals surface area contributed by atoms with Crippen LogP contribution < -0.4 is 10.2 Å². The molecule has 1 fully saturated rings. The number of benzene rings is 2. The first-order chi connectivity index (χ1) is 14.5. The maximum absolute atomic E-state index is 12.5. The minimum absolute atomic E-state index is 0.160. The summed E-state index contributed by atoms with van der Waals surface area (Å²) in [5.41, 5.74) is 4.62. The average Bonchev–Trinajstić information content (AvgIpc) is 3.01. The van der Waals surface area contributed by atoms with E-state index in [9.17, 15) is 14.4 Å². The highest BCUT2D eigenvalue weighted by Gasteiger charge is 2.34. The van der Waals surface area contributed by atoms with Crippen molar-refractivity contribution in [1.29, 1.82) is 0 Å². The Balaban J connectivity index is 1.27. The number of fused-ring (bicyclic) bond motifs is 1. The monoisotopic (exact) mass is 406 g/mol. The van der Waals surface area contributed by atoms with E-state index >= 15 is 0 Å². The van der Waals surface area contributed by atoms with Gasteiger partial charge < -0.3 is 15.1 Å². The van der Waals surface area contributed by atoms with Crippen molar-refractivity contribution in [2.75, 3.05) is 44.2 Å². The van der Waals surface area contributed by atoms with Gasteiger partial charge >= 0.3 is 6.03 Å². The minimum atomic E-state index is -0.299. The Morgan fingerprint density at radius 1 is 0.900 bits per heavy atom. The maximum atomic E-state index is 12.5. The van der Waals surface area contributed by atoms with Crippen molar-refractivity contribution >= 4 is 23.5 Å². The molecule has 7 heteroatoms. The number of hydrogen-bond donors (Lipinski definition) is 1. The second kappa shape index (κ2) is 8.18. The highest BCUT2D eigenvalue weighted by molar-refractivity contribution is 6.21. The highest BCUT2D eigenvalue weighted by Crippen LogP contribution is 2.24. The first kappa shape index (κ1) is 19.9. The van der Waals surface area contributed by atoms with Crippen LogP contribution in [0.1, 0.15) is 31.8 Å². The number of aryl methyl sites for hydroxylation is 1. The summed E-state index contributed by atoms with van der Waals surface area (Å²) in [4.78, 5) is 42.6. The fourth-order valence-electron chi connectivity index (χ4n) is 4.06. The van der Waals surface area contributed by atoms with Gasteiger partial charge in [-0.3, -0.25) is 14.5 Å². The van der Waals surface area contributed by atoms with Crippen LogP contribution in [-0.4, -0.2) is 66.9 Å². The van der Waals surface area contributed by atoms with Gasteiger partial charge in [0.2, 0.25) is 0 Å². The summed E-state index contributed by atoms with van der Waals surface area (Å²) in [6.45, 7) is 7.45. The Bertz CT molecular complexity index is 961. The molecule has 2 aromatic carbocycles. The van der Waals surface area contributed by atoms with Gasteiger partial charge in [0.25, 0.3) is 11.8 Å². The number of hydrogen-bond acceptors (Lipinski definition) is 4. The van der Waals surface area contributed by atoms with E-state index < -0.39 is 0 Å². The van der Waals surface area contributed by atoms with Crippen molar-refractivity contribution < 1.29 is 14.4 Å². The number of nitrogens with one attached hydrogen (secondary N) is 1. The van der Waals surface area contributed by atoms with Crippen LogP contribution >= 0.6 is 0 Å². The third-order valence-electron chi connectivity index (χ3n) is 5.97. The first-order valence-corrected chi connectivity index (χ1v) is 10.3. The smallest absolute Gasteiger partial charge is 0.317 e. The third kappa shape index (κ3) is 3.63. The van der Waals surface area contributed by atoms with Crippen LogP contribution in [-0.2, 0) is 0 Å². The van der Waals surface area contributed by atoms with Gasteiger partial charge in [-0.15, -0.1) is 0 Å². The Labute approximate surface area is 176 Å². The van der Waals surface area contributed by atoms with E-state index in [0.29, 0.717) is 24.2 Å². The fraction of sp³-hybridized carbons (Fsp3) is 0.348. The van der Waals surface area contributed by atoms with Gasteiger partial charge in [0.1, 0.15) is 0 Å². The van der Waals surface area contributed by atoms with E-state index in [0.717, 1.165) is 13.1 Å². The standard InChI is InChI=1S/C23H26N4O3/c1-16-6-5-9-20(17(16)2)25-12-14-26(15-13-25)23(30)24-10-11-27-21(28)18-7-3-4-8-19(18)22(27)29/h3-9H,10-15H2,1-2H3,(H,24,30). The largest absolute Gasteiger partial charge is 0.368 e. The first-order valence-electron chi connectivity index (χ1n) is 10.3. The molecule has 0 unspecified atom stereocenters. The normalized spacial score (nSPS) is 16.1. The van der Waals surface area contributed by atoms with Gasteiger partial charge in [-0.1, -0.05) is 24.3 Å². The molecule has 0 aromatic heterocycles. The van der Waals surface area contributed by atoms with Gasteiger partial charge in [-0.05, 0) is 43.2 Å². The Hall–Kier alpha value is -3.35. The van der Waals surface area contributed by atoms with Gasteiger partial charge in [-0.2, -0.15) is 0 Å². The molecular weight excluding hydrogens is 380 g/mol. The van der Waals surface area contributed by atoms with Crippen molar-refractivity contribution in [1.82, 2.24) is 15.1 Å². The number of urea groups is 1. The summed E-state index contributed by atoms with van der Waals surface area (Å²) in [5, 5.41) is 2.84. The van der Waals surface area contributed by atoms with E-state index in [1.807, 2.05) is 0 Å². The van der Waals surface area contributed by atoms with E-state index in [1.54, 1.807) is 29.2 Å². The van der Waals surface area contributed by atoms with Crippen LogP contribution in [0, 0.1) is 13.8 Å². The van der Waals surface area contributed by atoms with E-state index in [2.05, 4.69) is 42.3 Å². The molecule has 1 N–H and O–H groups in total. The van der Waals surface area contributed by atoms with Gasteiger partial charge in [0.05, 0.1) is 11.1 Å². The van der Waals surface area contributed by atoms with Gasteiger partial charge in [0, 0.05) is 45.0 Å². The van der Waals surface area contributed by atoms with Crippen LogP contribution in [0.3, 0.4) is 0 Å². The van der Waals surface area contributed by atoms with Crippen molar-refractivity contribution in [3.05, 3.63) is 64.7 Å². The second-order valence-corrected chi connectivity index (χ2v) is 7.73. The van der Waals surface area contributed by atoms with Gasteiger partial charge in [-0.25, -0.2) is 4.79 Å². The molecule has 0 radical (unpaired) electrons. The molecule has 156 valence electrons. The Morgan fingerprint density at radius 2 is 1.53 bits per heavy atom. The number of nitrogens with zero attached hydrogens (tertiary/aromatic N) is 3. The lowest BCUT2D eigenvalue weighted by atomic mass is 10.1. The summed E-state index contributed by atoms with van der Waals surface area (Å²) in [6.07, 6.45) is 0. The molecule has 2 aliphatic rings. The lowest BCUT2D eigenvalue weighted by molar-refractivity contribution is 0.0655. The Kier molecular flexibility index (Phi) is 5.44. The SMILES string of the molecule is Cc1cccc(N2CCN(C(=O)NCCN3C(=O)c4ccccc4C3=O)CC2)c1C. The zero-order chi connectivity index (χ0) is 21.3. The van der Waals surface area contributed by atoms with Crippen LogP contribution in [0.15, 0.2) is 42.5 Å². The molecule has 7 nitrogen and oxygen atoms in total. The highest BCUT2D eigenvalue weighted by atomic mass is 16.2. The number of carbonyl (C=O) groups is 3. The molecule has 2 heterocycles. The molecule has 4 rings (SSSR count). The number of carbonyl (C=O) groups excluding carboxylic acids is 3. The molecule has 0 atom stereocenters. The molecule has 1 saturated heterocycles. The summed E-state index contributed by atoms with van der Waals surface area (Å²) >= 11 is 0. The van der Waals surface area contributed by atoms with E-state index in [4.69, 9.17) is 0 Å². The molecule has 0 saturated carbocycles. The van der Waals surface area contributed by atoms with E-state index in [-0.39, 0.29) is 30.9 Å². The second-order valence-electron chi connectivity index (χ2n) is 7.73. The summed E-state index contributed by atoms with van der Waals surface area (Å²) < 4.78 is 0. The van der Waals surface area contributed by atoms with Crippen LogP contribution in [0.2, 0.25) is 0 Å². The number of anilines is 1. The lowest BCUT2D eigenvalue weighted by Gasteiger charge is -2.37. The number of imide groups is 1. The predicted octanol–water partition coefficient (Wildman–Crippen LogP) is 2.43. The molecule has 30 heavy (non-hydrogen) atoms. The maximum Gasteiger partial charge on any atom is 0.317 e. The number of rotatable bonds is 4. The lowest BCUT2D eigenvalue weighted by Crippen LogP contribution is -2.52.